The zero-order chi connectivity index (χ0) is 13.5. The van der Waals surface area contributed by atoms with E-state index in [1.54, 1.807) is 14.1 Å². The van der Waals surface area contributed by atoms with Crippen molar-refractivity contribution in [2.24, 2.45) is 0 Å². The molecule has 1 N–H and O–H groups in total. The van der Waals surface area contributed by atoms with Gasteiger partial charge in [-0.2, -0.15) is 0 Å². The van der Waals surface area contributed by atoms with Gasteiger partial charge in [0.25, 0.3) is 5.91 Å². The van der Waals surface area contributed by atoms with Crippen LogP contribution in [0.15, 0.2) is 24.3 Å². The average molecular weight is 250 g/mol. The Balaban J connectivity index is 2.79. The van der Waals surface area contributed by atoms with E-state index in [-0.39, 0.29) is 18.6 Å². The molecule has 18 heavy (non-hydrogen) atoms. The summed E-state index contributed by atoms with van der Waals surface area (Å²) in [6.45, 7) is 2.19. The molecule has 0 aromatic heterocycles. The zero-order valence-corrected chi connectivity index (χ0v) is 11.6. The SMILES string of the molecule is CCC(NC)c1ccccc1OCC(=O)N(C)C. The topological polar surface area (TPSA) is 41.6 Å². The molecule has 100 valence electrons. The fourth-order valence-electron chi connectivity index (χ4n) is 1.75. The second-order valence-electron chi connectivity index (χ2n) is 4.36. The maximum absolute atomic E-state index is 11.5. The second-order valence-corrected chi connectivity index (χ2v) is 4.36. The van der Waals surface area contributed by atoms with Crippen molar-refractivity contribution in [3.63, 3.8) is 0 Å². The minimum absolute atomic E-state index is 0.0395. The van der Waals surface area contributed by atoms with Gasteiger partial charge < -0.3 is 15.0 Å². The Kier molecular flexibility index (Phi) is 5.65. The van der Waals surface area contributed by atoms with Crippen LogP contribution in [-0.4, -0.2) is 38.6 Å². The van der Waals surface area contributed by atoms with Crippen LogP contribution >= 0.6 is 0 Å². The Bertz CT molecular complexity index is 387. The first-order valence-electron chi connectivity index (χ1n) is 6.19. The number of rotatable bonds is 6. The quantitative estimate of drug-likeness (QED) is 0.837. The number of likely N-dealkylation sites (N-methyl/N-ethyl adjacent to an activating group) is 1. The molecule has 0 heterocycles. The molecule has 1 amide bonds. The van der Waals surface area contributed by atoms with Crippen LogP contribution in [0.5, 0.6) is 5.75 Å². The van der Waals surface area contributed by atoms with E-state index >= 15 is 0 Å². The van der Waals surface area contributed by atoms with Crippen LogP contribution < -0.4 is 10.1 Å². The predicted octanol–water partition coefficient (Wildman–Crippen LogP) is 1.82. The molecule has 0 bridgehead atoms. The molecular weight excluding hydrogens is 228 g/mol. The van der Waals surface area contributed by atoms with Crippen LogP contribution in [0.3, 0.4) is 0 Å². The normalized spacial score (nSPS) is 12.0. The van der Waals surface area contributed by atoms with Gasteiger partial charge in [-0.15, -0.1) is 0 Å². The monoisotopic (exact) mass is 250 g/mol. The van der Waals surface area contributed by atoms with Gasteiger partial charge in [0, 0.05) is 25.7 Å². The van der Waals surface area contributed by atoms with Gasteiger partial charge in [-0.25, -0.2) is 0 Å². The second kappa shape index (κ2) is 7.01. The summed E-state index contributed by atoms with van der Waals surface area (Å²) in [5.41, 5.74) is 1.09. The molecule has 0 fully saturated rings. The number of nitrogens with one attached hydrogen (secondary N) is 1. The summed E-state index contributed by atoms with van der Waals surface area (Å²) < 4.78 is 5.61. The van der Waals surface area contributed by atoms with E-state index in [2.05, 4.69) is 12.2 Å². The summed E-state index contributed by atoms with van der Waals surface area (Å²) in [6, 6.07) is 8.08. The Morgan fingerprint density at radius 3 is 2.61 bits per heavy atom. The van der Waals surface area contributed by atoms with E-state index in [0.29, 0.717) is 0 Å². The summed E-state index contributed by atoms with van der Waals surface area (Å²) in [7, 11) is 5.37. The van der Waals surface area contributed by atoms with E-state index in [1.807, 2.05) is 31.3 Å². The number of hydrogen-bond acceptors (Lipinski definition) is 3. The molecule has 1 aromatic carbocycles. The summed E-state index contributed by atoms with van der Waals surface area (Å²) in [5, 5.41) is 3.24. The van der Waals surface area contributed by atoms with Gasteiger partial charge in [0.1, 0.15) is 5.75 Å². The molecule has 0 saturated heterocycles. The van der Waals surface area contributed by atoms with Gasteiger partial charge in [0.05, 0.1) is 0 Å². The van der Waals surface area contributed by atoms with Crippen LogP contribution in [0.1, 0.15) is 24.9 Å². The van der Waals surface area contributed by atoms with Crippen LogP contribution in [0.2, 0.25) is 0 Å². The molecule has 1 unspecified atom stereocenters. The number of amides is 1. The van der Waals surface area contributed by atoms with Crippen LogP contribution in [0.4, 0.5) is 0 Å². The van der Waals surface area contributed by atoms with E-state index in [4.69, 9.17) is 4.74 Å². The molecule has 0 aliphatic heterocycles. The van der Waals surface area contributed by atoms with Gasteiger partial charge in [-0.1, -0.05) is 25.1 Å². The number of benzene rings is 1. The number of ether oxygens (including phenoxy) is 1. The molecule has 0 radical (unpaired) electrons. The van der Waals surface area contributed by atoms with Crippen molar-refractivity contribution in [2.75, 3.05) is 27.7 Å². The fourth-order valence-corrected chi connectivity index (χ4v) is 1.75. The van der Waals surface area contributed by atoms with Crippen LogP contribution in [0, 0.1) is 0 Å². The Morgan fingerprint density at radius 2 is 2.06 bits per heavy atom. The van der Waals surface area contributed by atoms with Crippen molar-refractivity contribution >= 4 is 5.91 Å². The van der Waals surface area contributed by atoms with Gasteiger partial charge in [0.15, 0.2) is 6.61 Å². The maximum Gasteiger partial charge on any atom is 0.259 e. The first kappa shape index (κ1) is 14.5. The van der Waals surface area contributed by atoms with Gasteiger partial charge in [-0.05, 0) is 19.5 Å². The fraction of sp³-hybridized carbons (Fsp3) is 0.500. The first-order valence-corrected chi connectivity index (χ1v) is 6.19. The van der Waals surface area contributed by atoms with Crippen molar-refractivity contribution < 1.29 is 9.53 Å². The molecular formula is C14H22N2O2. The Labute approximate surface area is 109 Å². The van der Waals surface area contributed by atoms with Crippen molar-refractivity contribution in [3.05, 3.63) is 29.8 Å². The lowest BCUT2D eigenvalue weighted by Crippen LogP contribution is -2.28. The molecule has 1 rings (SSSR count). The smallest absolute Gasteiger partial charge is 0.259 e. The lowest BCUT2D eigenvalue weighted by Gasteiger charge is -2.19. The molecule has 1 atom stereocenters. The average Bonchev–Trinajstić information content (AvgIpc) is 2.38. The summed E-state index contributed by atoms with van der Waals surface area (Å²) >= 11 is 0. The zero-order valence-electron chi connectivity index (χ0n) is 11.6. The summed E-state index contributed by atoms with van der Waals surface area (Å²) in [6.07, 6.45) is 0.971. The highest BCUT2D eigenvalue weighted by atomic mass is 16.5. The number of carbonyl (C=O) groups excluding carboxylic acids is 1. The minimum atomic E-state index is -0.0395. The molecule has 4 nitrogen and oxygen atoms in total. The number of para-hydroxylation sites is 1. The predicted molar refractivity (Wildman–Crippen MR) is 72.7 cm³/mol. The third-order valence-corrected chi connectivity index (χ3v) is 2.90. The third kappa shape index (κ3) is 3.74. The highest BCUT2D eigenvalue weighted by molar-refractivity contribution is 5.77. The van der Waals surface area contributed by atoms with Crippen molar-refractivity contribution in [1.82, 2.24) is 10.2 Å². The van der Waals surface area contributed by atoms with E-state index < -0.39 is 0 Å². The minimum Gasteiger partial charge on any atom is -0.483 e. The van der Waals surface area contributed by atoms with E-state index in [0.717, 1.165) is 17.7 Å². The van der Waals surface area contributed by atoms with Crippen molar-refractivity contribution in [1.29, 1.82) is 0 Å². The van der Waals surface area contributed by atoms with E-state index in [9.17, 15) is 4.79 Å². The molecule has 1 aromatic rings. The van der Waals surface area contributed by atoms with Gasteiger partial charge >= 0.3 is 0 Å². The molecule has 0 spiro atoms. The highest BCUT2D eigenvalue weighted by Gasteiger charge is 2.13. The van der Waals surface area contributed by atoms with Gasteiger partial charge in [-0.3, -0.25) is 4.79 Å². The first-order chi connectivity index (χ1) is 8.60. The van der Waals surface area contributed by atoms with Crippen molar-refractivity contribution in [3.8, 4) is 5.75 Å². The molecule has 0 aliphatic carbocycles. The molecule has 4 heteroatoms. The highest BCUT2D eigenvalue weighted by Crippen LogP contribution is 2.26. The molecule has 0 aliphatic rings. The Morgan fingerprint density at radius 1 is 1.39 bits per heavy atom. The van der Waals surface area contributed by atoms with Crippen LogP contribution in [0.25, 0.3) is 0 Å². The lowest BCUT2D eigenvalue weighted by molar-refractivity contribution is -0.130. The van der Waals surface area contributed by atoms with Gasteiger partial charge in [0.2, 0.25) is 0 Å². The number of carbonyl (C=O) groups is 1. The number of hydrogen-bond donors (Lipinski definition) is 1. The summed E-state index contributed by atoms with van der Waals surface area (Å²) in [5.74, 6) is 0.733. The number of nitrogens with zero attached hydrogens (tertiary/aromatic N) is 1. The Hall–Kier alpha value is -1.55. The largest absolute Gasteiger partial charge is 0.483 e. The maximum atomic E-state index is 11.5. The summed E-state index contributed by atoms with van der Waals surface area (Å²) in [4.78, 5) is 13.0. The lowest BCUT2D eigenvalue weighted by atomic mass is 10.0. The van der Waals surface area contributed by atoms with E-state index in [1.165, 1.54) is 4.90 Å². The van der Waals surface area contributed by atoms with Crippen LogP contribution in [-0.2, 0) is 4.79 Å². The van der Waals surface area contributed by atoms with Crippen molar-refractivity contribution in [2.45, 2.75) is 19.4 Å². The standard InChI is InChI=1S/C14H22N2O2/c1-5-12(15-2)11-8-6-7-9-13(11)18-10-14(17)16(3)4/h6-9,12,15H,5,10H2,1-4H3. The molecule has 0 saturated carbocycles. The third-order valence-electron chi connectivity index (χ3n) is 2.90.